The van der Waals surface area contributed by atoms with E-state index in [4.69, 9.17) is 4.52 Å². The van der Waals surface area contributed by atoms with Gasteiger partial charge in [-0.1, -0.05) is 22.9 Å². The number of hydrogen-bond acceptors (Lipinski definition) is 6. The second-order valence-electron chi connectivity index (χ2n) is 6.31. The largest absolute Gasteiger partial charge is 0.351 e. The van der Waals surface area contributed by atoms with Gasteiger partial charge in [-0.3, -0.25) is 4.79 Å². The van der Waals surface area contributed by atoms with Crippen LogP contribution in [0.4, 0.5) is 11.5 Å². The first-order chi connectivity index (χ1) is 12.7. The third-order valence-electron chi connectivity index (χ3n) is 4.53. The molecule has 0 unspecified atom stereocenters. The number of aromatic nitrogens is 3. The molecule has 0 saturated heterocycles. The summed E-state index contributed by atoms with van der Waals surface area (Å²) < 4.78 is 5.00. The molecule has 3 aromatic rings. The number of nitrogens with zero attached hydrogens (tertiary/aromatic N) is 4. The number of carbonyl (C=O) groups excluding carboxylic acids is 1. The van der Waals surface area contributed by atoms with Crippen molar-refractivity contribution in [1.29, 1.82) is 0 Å². The first kappa shape index (κ1) is 16.3. The Kier molecular flexibility index (Phi) is 4.35. The normalized spacial score (nSPS) is 13.8. The maximum absolute atomic E-state index is 12.5. The highest BCUT2D eigenvalue weighted by Crippen LogP contribution is 2.24. The van der Waals surface area contributed by atoms with Crippen molar-refractivity contribution in [1.82, 2.24) is 20.0 Å². The van der Waals surface area contributed by atoms with E-state index < -0.39 is 0 Å². The van der Waals surface area contributed by atoms with E-state index in [0.717, 1.165) is 22.8 Å². The van der Waals surface area contributed by atoms with Crippen LogP contribution in [0.2, 0.25) is 0 Å². The summed E-state index contributed by atoms with van der Waals surface area (Å²) in [6.07, 6.45) is 4.42. The van der Waals surface area contributed by atoms with E-state index >= 15 is 0 Å². The minimum Gasteiger partial charge on any atom is -0.351 e. The zero-order valence-corrected chi connectivity index (χ0v) is 14.5. The molecule has 0 bridgehead atoms. The average Bonchev–Trinajstić information content (AvgIpc) is 3.10. The second-order valence-corrected chi connectivity index (χ2v) is 6.31. The van der Waals surface area contributed by atoms with E-state index in [9.17, 15) is 4.79 Å². The lowest BCUT2D eigenvalue weighted by Crippen LogP contribution is -2.33. The van der Waals surface area contributed by atoms with Crippen LogP contribution in [-0.4, -0.2) is 39.0 Å². The Bertz CT molecular complexity index is 906. The van der Waals surface area contributed by atoms with Gasteiger partial charge in [0.2, 0.25) is 5.76 Å². The van der Waals surface area contributed by atoms with Gasteiger partial charge in [-0.15, -0.1) is 0 Å². The summed E-state index contributed by atoms with van der Waals surface area (Å²) in [5, 5.41) is 6.99. The maximum Gasteiger partial charge on any atom is 0.292 e. The fourth-order valence-electron chi connectivity index (χ4n) is 3.09. The molecule has 7 nitrogen and oxygen atoms in total. The van der Waals surface area contributed by atoms with Crippen LogP contribution in [0.3, 0.4) is 0 Å². The molecule has 1 amide bonds. The summed E-state index contributed by atoms with van der Waals surface area (Å²) in [6, 6.07) is 9.76. The van der Waals surface area contributed by atoms with Gasteiger partial charge in [0.15, 0.2) is 0 Å². The molecule has 1 aliphatic heterocycles. The summed E-state index contributed by atoms with van der Waals surface area (Å²) in [5.41, 5.74) is 4.22. The molecule has 7 heteroatoms. The van der Waals surface area contributed by atoms with Gasteiger partial charge in [-0.2, -0.15) is 0 Å². The molecule has 0 saturated carbocycles. The van der Waals surface area contributed by atoms with Crippen LogP contribution in [0.25, 0.3) is 0 Å². The van der Waals surface area contributed by atoms with Crippen LogP contribution in [0, 0.1) is 6.92 Å². The maximum atomic E-state index is 12.5. The average molecular weight is 349 g/mol. The molecule has 0 fully saturated rings. The van der Waals surface area contributed by atoms with Gasteiger partial charge in [-0.05, 0) is 25.5 Å². The Balaban J connectivity index is 1.54. The predicted octanol–water partition coefficient (Wildman–Crippen LogP) is 2.76. The summed E-state index contributed by atoms with van der Waals surface area (Å²) in [7, 11) is 0. The molecule has 132 valence electrons. The fourth-order valence-corrected chi connectivity index (χ4v) is 3.09. The Labute approximate surface area is 151 Å². The Morgan fingerprint density at radius 1 is 1.12 bits per heavy atom. The minimum absolute atomic E-state index is 0.142. The quantitative estimate of drug-likeness (QED) is 0.783. The van der Waals surface area contributed by atoms with Crippen molar-refractivity contribution >= 4 is 17.4 Å². The highest BCUT2D eigenvalue weighted by Gasteiger charge is 2.24. The van der Waals surface area contributed by atoms with Gasteiger partial charge >= 0.3 is 0 Å². The number of benzene rings is 1. The third kappa shape index (κ3) is 3.28. The van der Waals surface area contributed by atoms with Gasteiger partial charge in [0, 0.05) is 36.8 Å². The van der Waals surface area contributed by atoms with Crippen molar-refractivity contribution in [2.75, 3.05) is 18.4 Å². The summed E-state index contributed by atoms with van der Waals surface area (Å²) in [6.45, 7) is 3.23. The summed E-state index contributed by atoms with van der Waals surface area (Å²) >= 11 is 0. The first-order valence-electron chi connectivity index (χ1n) is 8.57. The number of rotatable bonds is 3. The summed E-state index contributed by atoms with van der Waals surface area (Å²) in [5.74, 6) is 0.921. The molecule has 1 aromatic carbocycles. The lowest BCUT2D eigenvalue weighted by molar-refractivity contribution is 0.0721. The lowest BCUT2D eigenvalue weighted by Gasteiger charge is -2.18. The van der Waals surface area contributed by atoms with Crippen molar-refractivity contribution in [3.8, 4) is 0 Å². The third-order valence-corrected chi connectivity index (χ3v) is 4.53. The van der Waals surface area contributed by atoms with E-state index in [-0.39, 0.29) is 11.7 Å². The van der Waals surface area contributed by atoms with Crippen LogP contribution >= 0.6 is 0 Å². The van der Waals surface area contributed by atoms with Crippen molar-refractivity contribution in [2.24, 2.45) is 0 Å². The van der Waals surface area contributed by atoms with Crippen molar-refractivity contribution in [2.45, 2.75) is 19.8 Å². The Morgan fingerprint density at radius 3 is 2.69 bits per heavy atom. The van der Waals surface area contributed by atoms with Crippen molar-refractivity contribution in [3.05, 3.63) is 65.4 Å². The van der Waals surface area contributed by atoms with E-state index in [1.807, 2.05) is 12.1 Å². The number of aryl methyl sites for hydroxylation is 1. The molecule has 1 N–H and O–H groups in total. The lowest BCUT2D eigenvalue weighted by atomic mass is 10.1. The van der Waals surface area contributed by atoms with Gasteiger partial charge in [0.05, 0.1) is 11.9 Å². The van der Waals surface area contributed by atoms with Crippen LogP contribution in [0.15, 0.2) is 47.4 Å². The molecule has 0 spiro atoms. The Hall–Kier alpha value is -3.22. The van der Waals surface area contributed by atoms with Gasteiger partial charge in [0.25, 0.3) is 5.91 Å². The van der Waals surface area contributed by atoms with E-state index in [1.165, 1.54) is 11.8 Å². The number of amides is 1. The van der Waals surface area contributed by atoms with Crippen LogP contribution in [0.5, 0.6) is 0 Å². The van der Waals surface area contributed by atoms with Crippen LogP contribution < -0.4 is 5.32 Å². The van der Waals surface area contributed by atoms with E-state index in [0.29, 0.717) is 25.9 Å². The SMILES string of the molecule is Cc1ccc(Nc2ncnc3c2CCN(C(=O)c2ccno2)CC3)cc1. The zero-order chi connectivity index (χ0) is 17.9. The fraction of sp³-hybridized carbons (Fsp3) is 0.263. The molecule has 0 atom stereocenters. The van der Waals surface area contributed by atoms with Crippen LogP contribution in [-0.2, 0) is 12.8 Å². The number of carbonyl (C=O) groups is 1. The molecule has 1 aliphatic rings. The highest BCUT2D eigenvalue weighted by molar-refractivity contribution is 5.91. The van der Waals surface area contributed by atoms with Crippen molar-refractivity contribution < 1.29 is 9.32 Å². The molecular formula is C19H19N5O2. The summed E-state index contributed by atoms with van der Waals surface area (Å²) in [4.78, 5) is 23.1. The van der Waals surface area contributed by atoms with Crippen LogP contribution in [0.1, 0.15) is 27.4 Å². The second kappa shape index (κ2) is 6.95. The molecular weight excluding hydrogens is 330 g/mol. The van der Waals surface area contributed by atoms with Gasteiger partial charge in [0.1, 0.15) is 12.1 Å². The van der Waals surface area contributed by atoms with Gasteiger partial charge < -0.3 is 14.7 Å². The number of anilines is 2. The van der Waals surface area contributed by atoms with Gasteiger partial charge in [-0.25, -0.2) is 9.97 Å². The highest BCUT2D eigenvalue weighted by atomic mass is 16.5. The monoisotopic (exact) mass is 349 g/mol. The Morgan fingerprint density at radius 2 is 1.92 bits per heavy atom. The molecule has 3 heterocycles. The van der Waals surface area contributed by atoms with E-state index in [2.05, 4.69) is 39.5 Å². The number of fused-ring (bicyclic) bond motifs is 1. The van der Waals surface area contributed by atoms with Crippen molar-refractivity contribution in [3.63, 3.8) is 0 Å². The zero-order valence-electron chi connectivity index (χ0n) is 14.5. The molecule has 2 aromatic heterocycles. The first-order valence-corrected chi connectivity index (χ1v) is 8.57. The number of hydrogen-bond donors (Lipinski definition) is 1. The minimum atomic E-state index is -0.142. The number of nitrogens with one attached hydrogen (secondary N) is 1. The standard InChI is InChI=1S/C19H19N5O2/c1-13-2-4-14(5-3-13)23-18-15-7-10-24(11-8-16(15)20-12-21-18)19(25)17-6-9-22-26-17/h2-6,9,12H,7-8,10-11H2,1H3,(H,20,21,23). The van der Waals surface area contributed by atoms with E-state index in [1.54, 1.807) is 17.3 Å². The predicted molar refractivity (Wildman–Crippen MR) is 96.3 cm³/mol. The molecule has 26 heavy (non-hydrogen) atoms. The topological polar surface area (TPSA) is 84.2 Å². The smallest absolute Gasteiger partial charge is 0.292 e. The molecule has 0 aliphatic carbocycles. The molecule has 0 radical (unpaired) electrons. The molecule has 4 rings (SSSR count).